The molecule has 0 bridgehead atoms. The number of aromatic nitrogens is 1. The van der Waals surface area contributed by atoms with Crippen molar-refractivity contribution in [2.75, 3.05) is 17.3 Å². The number of ether oxygens (including phenoxy) is 1. The third-order valence-corrected chi connectivity index (χ3v) is 5.49. The SMILES string of the molecule is Cc1ccc2c(c1)N(C)C(=O)C(C)(C(=O)Nc1nc(-c3ccccc3)cs1)O2. The molecular formula is C21H19N3O3S. The third-order valence-electron chi connectivity index (χ3n) is 4.73. The Hall–Kier alpha value is -3.19. The van der Waals surface area contributed by atoms with Crippen LogP contribution in [0, 0.1) is 6.92 Å². The molecule has 0 saturated heterocycles. The van der Waals surface area contributed by atoms with E-state index in [0.29, 0.717) is 16.6 Å². The van der Waals surface area contributed by atoms with Crippen LogP contribution in [0.5, 0.6) is 5.75 Å². The number of hydrogen-bond acceptors (Lipinski definition) is 5. The van der Waals surface area contributed by atoms with Gasteiger partial charge in [-0.15, -0.1) is 11.3 Å². The van der Waals surface area contributed by atoms with Gasteiger partial charge in [0, 0.05) is 18.0 Å². The smallest absolute Gasteiger partial charge is 0.280 e. The Bertz CT molecular complexity index is 1060. The first-order valence-corrected chi connectivity index (χ1v) is 9.67. The van der Waals surface area contributed by atoms with E-state index in [1.807, 2.05) is 54.8 Å². The van der Waals surface area contributed by atoms with Crippen molar-refractivity contribution in [3.8, 4) is 17.0 Å². The normalized spacial score (nSPS) is 18.4. The Morgan fingerprint density at radius 1 is 1.21 bits per heavy atom. The molecule has 1 N–H and O–H groups in total. The number of carbonyl (C=O) groups is 2. The minimum atomic E-state index is -1.67. The quantitative estimate of drug-likeness (QED) is 0.686. The molecule has 0 spiro atoms. The Morgan fingerprint density at radius 3 is 2.71 bits per heavy atom. The zero-order valence-corrected chi connectivity index (χ0v) is 16.5. The number of anilines is 2. The van der Waals surface area contributed by atoms with Crippen molar-refractivity contribution in [1.29, 1.82) is 0 Å². The number of aryl methyl sites for hydroxylation is 1. The van der Waals surface area contributed by atoms with Crippen molar-refractivity contribution >= 4 is 34.0 Å². The second-order valence-electron chi connectivity index (χ2n) is 6.83. The summed E-state index contributed by atoms with van der Waals surface area (Å²) in [5.74, 6) is -0.484. The van der Waals surface area contributed by atoms with Crippen LogP contribution in [0.4, 0.5) is 10.8 Å². The van der Waals surface area contributed by atoms with Gasteiger partial charge < -0.3 is 9.64 Å². The molecule has 2 aromatic carbocycles. The van der Waals surface area contributed by atoms with E-state index in [-0.39, 0.29) is 0 Å². The van der Waals surface area contributed by atoms with Crippen LogP contribution in [0.3, 0.4) is 0 Å². The molecule has 2 heterocycles. The summed E-state index contributed by atoms with van der Waals surface area (Å²) in [5, 5.41) is 5.01. The maximum atomic E-state index is 13.0. The fourth-order valence-corrected chi connectivity index (χ4v) is 3.82. The predicted octanol–water partition coefficient (Wildman–Crippen LogP) is 3.87. The summed E-state index contributed by atoms with van der Waals surface area (Å²) in [6, 6.07) is 15.2. The molecule has 0 aliphatic carbocycles. The van der Waals surface area contributed by atoms with Crippen LogP contribution in [-0.4, -0.2) is 29.4 Å². The van der Waals surface area contributed by atoms with Gasteiger partial charge >= 0.3 is 0 Å². The molecule has 1 aliphatic heterocycles. The molecule has 2 amide bonds. The zero-order valence-electron chi connectivity index (χ0n) is 15.7. The van der Waals surface area contributed by atoms with Crippen molar-refractivity contribution in [1.82, 2.24) is 4.98 Å². The van der Waals surface area contributed by atoms with Crippen molar-refractivity contribution in [3.63, 3.8) is 0 Å². The summed E-state index contributed by atoms with van der Waals surface area (Å²) in [7, 11) is 1.64. The van der Waals surface area contributed by atoms with Gasteiger partial charge in [0.05, 0.1) is 11.4 Å². The van der Waals surface area contributed by atoms with Gasteiger partial charge in [-0.05, 0) is 31.5 Å². The molecule has 7 heteroatoms. The average molecular weight is 393 g/mol. The van der Waals surface area contributed by atoms with Gasteiger partial charge in [-0.3, -0.25) is 14.9 Å². The van der Waals surface area contributed by atoms with Crippen molar-refractivity contribution in [2.45, 2.75) is 19.4 Å². The van der Waals surface area contributed by atoms with E-state index in [1.165, 1.54) is 23.2 Å². The minimum Gasteiger partial charge on any atom is -0.465 e. The van der Waals surface area contributed by atoms with Crippen LogP contribution in [0.25, 0.3) is 11.3 Å². The van der Waals surface area contributed by atoms with Gasteiger partial charge in [-0.1, -0.05) is 36.4 Å². The number of nitrogens with one attached hydrogen (secondary N) is 1. The van der Waals surface area contributed by atoms with Crippen LogP contribution in [-0.2, 0) is 9.59 Å². The van der Waals surface area contributed by atoms with E-state index in [1.54, 1.807) is 13.1 Å². The highest BCUT2D eigenvalue weighted by molar-refractivity contribution is 7.14. The lowest BCUT2D eigenvalue weighted by atomic mass is 10.00. The summed E-state index contributed by atoms with van der Waals surface area (Å²) >= 11 is 1.30. The van der Waals surface area contributed by atoms with Crippen molar-refractivity contribution < 1.29 is 14.3 Å². The molecule has 1 aliphatic rings. The third kappa shape index (κ3) is 3.03. The number of nitrogens with zero attached hydrogens (tertiary/aromatic N) is 2. The van der Waals surface area contributed by atoms with Gasteiger partial charge in [0.1, 0.15) is 5.75 Å². The maximum absolute atomic E-state index is 13.0. The number of likely N-dealkylation sites (N-methyl/N-ethyl adjacent to an activating group) is 1. The maximum Gasteiger partial charge on any atom is 0.280 e. The van der Waals surface area contributed by atoms with E-state index in [2.05, 4.69) is 10.3 Å². The zero-order chi connectivity index (χ0) is 19.9. The Labute approximate surface area is 166 Å². The summed E-state index contributed by atoms with van der Waals surface area (Å²) < 4.78 is 5.86. The lowest BCUT2D eigenvalue weighted by Crippen LogP contribution is -2.59. The molecular weight excluding hydrogens is 374 g/mol. The molecule has 0 saturated carbocycles. The Balaban J connectivity index is 1.59. The molecule has 142 valence electrons. The molecule has 0 fully saturated rings. The first kappa shape index (κ1) is 18.2. The number of rotatable bonds is 3. The average Bonchev–Trinajstić information content (AvgIpc) is 3.16. The highest BCUT2D eigenvalue weighted by Gasteiger charge is 2.50. The Kier molecular flexibility index (Phi) is 4.39. The minimum absolute atomic E-state index is 0.416. The summed E-state index contributed by atoms with van der Waals surface area (Å²) in [6.45, 7) is 3.42. The number of hydrogen-bond donors (Lipinski definition) is 1. The first-order chi connectivity index (χ1) is 13.4. The lowest BCUT2D eigenvalue weighted by Gasteiger charge is -2.37. The van der Waals surface area contributed by atoms with Crippen molar-refractivity contribution in [2.24, 2.45) is 0 Å². The topological polar surface area (TPSA) is 71.5 Å². The van der Waals surface area contributed by atoms with Gasteiger partial charge in [-0.25, -0.2) is 4.98 Å². The second-order valence-corrected chi connectivity index (χ2v) is 7.69. The van der Waals surface area contributed by atoms with Gasteiger partial charge in [0.25, 0.3) is 17.4 Å². The number of thiazole rings is 1. The number of carbonyl (C=O) groups excluding carboxylic acids is 2. The molecule has 6 nitrogen and oxygen atoms in total. The van der Waals surface area contributed by atoms with Crippen LogP contribution >= 0.6 is 11.3 Å². The highest BCUT2D eigenvalue weighted by atomic mass is 32.1. The molecule has 4 rings (SSSR count). The highest BCUT2D eigenvalue weighted by Crippen LogP contribution is 2.38. The van der Waals surface area contributed by atoms with Gasteiger partial charge in [0.15, 0.2) is 5.13 Å². The van der Waals surface area contributed by atoms with E-state index in [9.17, 15) is 9.59 Å². The predicted molar refractivity (Wildman–Crippen MR) is 110 cm³/mol. The molecule has 1 atom stereocenters. The van der Waals surface area contributed by atoms with Crippen LogP contribution in [0.1, 0.15) is 12.5 Å². The number of benzene rings is 2. The fraction of sp³-hybridized carbons (Fsp3) is 0.190. The van der Waals surface area contributed by atoms with E-state index in [4.69, 9.17) is 4.74 Å². The second kappa shape index (κ2) is 6.76. The number of amides is 2. The monoisotopic (exact) mass is 393 g/mol. The number of fused-ring (bicyclic) bond motifs is 1. The van der Waals surface area contributed by atoms with E-state index < -0.39 is 17.4 Å². The molecule has 0 radical (unpaired) electrons. The molecule has 28 heavy (non-hydrogen) atoms. The standard InChI is InChI=1S/C21H19N3O3S/c1-13-9-10-17-16(11-13)24(3)19(26)21(2,27-17)18(25)23-20-22-15(12-28-20)14-7-5-4-6-8-14/h4-12H,1-3H3,(H,22,23,25). The first-order valence-electron chi connectivity index (χ1n) is 8.79. The van der Waals surface area contributed by atoms with E-state index >= 15 is 0 Å². The summed E-state index contributed by atoms with van der Waals surface area (Å²) in [4.78, 5) is 31.8. The van der Waals surface area contributed by atoms with Gasteiger partial charge in [-0.2, -0.15) is 0 Å². The molecule has 1 aromatic heterocycles. The van der Waals surface area contributed by atoms with Crippen LogP contribution in [0.2, 0.25) is 0 Å². The molecule has 3 aromatic rings. The van der Waals surface area contributed by atoms with Gasteiger partial charge in [0.2, 0.25) is 0 Å². The summed E-state index contributed by atoms with van der Waals surface area (Å²) in [6.07, 6.45) is 0. The fourth-order valence-electron chi connectivity index (χ4n) is 3.10. The van der Waals surface area contributed by atoms with Crippen LogP contribution < -0.4 is 15.0 Å². The van der Waals surface area contributed by atoms with E-state index in [0.717, 1.165) is 16.8 Å². The largest absolute Gasteiger partial charge is 0.465 e. The Morgan fingerprint density at radius 2 is 1.96 bits per heavy atom. The van der Waals surface area contributed by atoms with Crippen molar-refractivity contribution in [3.05, 3.63) is 59.5 Å². The summed E-state index contributed by atoms with van der Waals surface area (Å²) in [5.41, 5.74) is 1.71. The lowest BCUT2D eigenvalue weighted by molar-refractivity contribution is -0.144. The molecule has 1 unspecified atom stereocenters. The van der Waals surface area contributed by atoms with Crippen LogP contribution in [0.15, 0.2) is 53.9 Å².